The Morgan fingerprint density at radius 3 is 2.68 bits per heavy atom. The molecule has 0 atom stereocenters. The molecule has 0 spiro atoms. The zero-order valence-corrected chi connectivity index (χ0v) is 15.1. The highest BCUT2D eigenvalue weighted by atomic mass is 35.5. The summed E-state index contributed by atoms with van der Waals surface area (Å²) in [6.07, 6.45) is 1.89. The topological polar surface area (TPSA) is 49.4 Å². The third-order valence-corrected chi connectivity index (χ3v) is 4.96. The number of anilines is 1. The van der Waals surface area contributed by atoms with Crippen LogP contribution in [0.25, 0.3) is 0 Å². The van der Waals surface area contributed by atoms with Crippen molar-refractivity contribution in [2.45, 2.75) is 19.3 Å². The maximum Gasteiger partial charge on any atom is 0.251 e. The SMILES string of the molecule is O=C(NCCCC(=O)N1CCc2ccccc21)c1ccc(Cl)c(Cl)c1. The molecule has 6 heteroatoms. The minimum atomic E-state index is -0.225. The largest absolute Gasteiger partial charge is 0.352 e. The molecule has 0 saturated carbocycles. The average Bonchev–Trinajstić information content (AvgIpc) is 3.05. The lowest BCUT2D eigenvalue weighted by Gasteiger charge is -2.17. The Hall–Kier alpha value is -2.04. The molecule has 0 aliphatic carbocycles. The first kappa shape index (κ1) is 17.8. The molecule has 4 nitrogen and oxygen atoms in total. The summed E-state index contributed by atoms with van der Waals surface area (Å²) in [6, 6.07) is 12.7. The van der Waals surface area contributed by atoms with Crippen LogP contribution in [0, 0.1) is 0 Å². The lowest BCUT2D eigenvalue weighted by molar-refractivity contribution is -0.118. The van der Waals surface area contributed by atoms with E-state index in [9.17, 15) is 9.59 Å². The van der Waals surface area contributed by atoms with Crippen LogP contribution >= 0.6 is 23.2 Å². The van der Waals surface area contributed by atoms with Crippen LogP contribution in [0.1, 0.15) is 28.8 Å². The van der Waals surface area contributed by atoms with Crippen molar-refractivity contribution >= 4 is 40.7 Å². The van der Waals surface area contributed by atoms with E-state index >= 15 is 0 Å². The Morgan fingerprint density at radius 1 is 1.08 bits per heavy atom. The summed E-state index contributed by atoms with van der Waals surface area (Å²) in [6.45, 7) is 1.16. The number of hydrogen-bond acceptors (Lipinski definition) is 2. The van der Waals surface area contributed by atoms with E-state index in [0.717, 1.165) is 18.7 Å². The van der Waals surface area contributed by atoms with Crippen molar-refractivity contribution < 1.29 is 9.59 Å². The number of hydrogen-bond donors (Lipinski definition) is 1. The molecule has 1 aliphatic rings. The van der Waals surface area contributed by atoms with Crippen LogP contribution in [0.5, 0.6) is 0 Å². The van der Waals surface area contributed by atoms with Gasteiger partial charge >= 0.3 is 0 Å². The quantitative estimate of drug-likeness (QED) is 0.798. The Bertz CT molecular complexity index is 808. The summed E-state index contributed by atoms with van der Waals surface area (Å²) in [7, 11) is 0. The van der Waals surface area contributed by atoms with Gasteiger partial charge in [0.05, 0.1) is 10.0 Å². The van der Waals surface area contributed by atoms with Crippen molar-refractivity contribution in [1.29, 1.82) is 0 Å². The van der Waals surface area contributed by atoms with Crippen LogP contribution in [0.15, 0.2) is 42.5 Å². The van der Waals surface area contributed by atoms with Crippen molar-refractivity contribution in [1.82, 2.24) is 5.32 Å². The fourth-order valence-electron chi connectivity index (χ4n) is 2.91. The summed E-state index contributed by atoms with van der Waals surface area (Å²) in [5.41, 5.74) is 2.67. The molecular weight excluding hydrogens is 359 g/mol. The molecule has 1 N–H and O–H groups in total. The molecule has 0 fully saturated rings. The number of nitrogens with zero attached hydrogens (tertiary/aromatic N) is 1. The lowest BCUT2D eigenvalue weighted by Crippen LogP contribution is -2.30. The number of rotatable bonds is 5. The number of benzene rings is 2. The van der Waals surface area contributed by atoms with Gasteiger partial charge in [0, 0.05) is 30.8 Å². The van der Waals surface area contributed by atoms with Gasteiger partial charge in [-0.25, -0.2) is 0 Å². The highest BCUT2D eigenvalue weighted by Gasteiger charge is 2.23. The number of fused-ring (bicyclic) bond motifs is 1. The van der Waals surface area contributed by atoms with Gasteiger partial charge in [-0.1, -0.05) is 41.4 Å². The van der Waals surface area contributed by atoms with Crippen molar-refractivity contribution in [2.24, 2.45) is 0 Å². The van der Waals surface area contributed by atoms with Crippen molar-refractivity contribution in [2.75, 3.05) is 18.0 Å². The van der Waals surface area contributed by atoms with Crippen LogP contribution in [-0.2, 0) is 11.2 Å². The van der Waals surface area contributed by atoms with E-state index in [1.54, 1.807) is 12.1 Å². The fourth-order valence-corrected chi connectivity index (χ4v) is 3.21. The summed E-state index contributed by atoms with van der Waals surface area (Å²) < 4.78 is 0. The molecule has 1 aliphatic heterocycles. The molecule has 25 heavy (non-hydrogen) atoms. The second-order valence-corrected chi connectivity index (χ2v) is 6.73. The van der Waals surface area contributed by atoms with E-state index in [4.69, 9.17) is 23.2 Å². The molecular formula is C19H18Cl2N2O2. The fraction of sp³-hybridized carbons (Fsp3) is 0.263. The highest BCUT2D eigenvalue weighted by molar-refractivity contribution is 6.42. The summed E-state index contributed by atoms with van der Waals surface area (Å²) in [4.78, 5) is 26.3. The molecule has 0 saturated heterocycles. The van der Waals surface area contributed by atoms with Gasteiger partial charge in [0.15, 0.2) is 0 Å². The molecule has 0 radical (unpaired) electrons. The number of nitrogens with one attached hydrogen (secondary N) is 1. The molecule has 3 rings (SSSR count). The van der Waals surface area contributed by atoms with Crippen molar-refractivity contribution in [3.05, 3.63) is 63.6 Å². The Morgan fingerprint density at radius 2 is 1.88 bits per heavy atom. The zero-order valence-electron chi connectivity index (χ0n) is 13.6. The van der Waals surface area contributed by atoms with Crippen LogP contribution in [0.4, 0.5) is 5.69 Å². The van der Waals surface area contributed by atoms with Gasteiger partial charge in [-0.05, 0) is 42.7 Å². The van der Waals surface area contributed by atoms with Gasteiger partial charge in [0.25, 0.3) is 5.91 Å². The van der Waals surface area contributed by atoms with Gasteiger partial charge in [0.2, 0.25) is 5.91 Å². The van der Waals surface area contributed by atoms with E-state index < -0.39 is 0 Å². The molecule has 130 valence electrons. The van der Waals surface area contributed by atoms with Crippen molar-refractivity contribution in [3.8, 4) is 0 Å². The molecule has 0 aromatic heterocycles. The van der Waals surface area contributed by atoms with Gasteiger partial charge in [-0.2, -0.15) is 0 Å². The van der Waals surface area contributed by atoms with E-state index in [1.165, 1.54) is 11.6 Å². The van der Waals surface area contributed by atoms with Crippen LogP contribution < -0.4 is 10.2 Å². The Kier molecular flexibility index (Phi) is 5.61. The molecule has 0 unspecified atom stereocenters. The average molecular weight is 377 g/mol. The predicted molar refractivity (Wildman–Crippen MR) is 101 cm³/mol. The van der Waals surface area contributed by atoms with Crippen LogP contribution in [0.3, 0.4) is 0 Å². The normalized spacial score (nSPS) is 12.8. The third kappa shape index (κ3) is 4.14. The summed E-state index contributed by atoms with van der Waals surface area (Å²) in [5.74, 6) is -0.133. The second-order valence-electron chi connectivity index (χ2n) is 5.91. The number of carbonyl (C=O) groups is 2. The highest BCUT2D eigenvalue weighted by Crippen LogP contribution is 2.28. The third-order valence-electron chi connectivity index (χ3n) is 4.22. The molecule has 0 bridgehead atoms. The minimum absolute atomic E-state index is 0.0914. The van der Waals surface area contributed by atoms with E-state index in [0.29, 0.717) is 35.0 Å². The number of halogens is 2. The number of carbonyl (C=O) groups excluding carboxylic acids is 2. The smallest absolute Gasteiger partial charge is 0.251 e. The monoisotopic (exact) mass is 376 g/mol. The first-order valence-electron chi connectivity index (χ1n) is 8.18. The molecule has 2 aromatic rings. The van der Waals surface area contributed by atoms with Crippen LogP contribution in [0.2, 0.25) is 10.0 Å². The van der Waals surface area contributed by atoms with Gasteiger partial charge in [-0.3, -0.25) is 9.59 Å². The van der Waals surface area contributed by atoms with E-state index in [1.807, 2.05) is 23.1 Å². The zero-order chi connectivity index (χ0) is 17.8. The molecule has 2 amide bonds. The Labute approximate surface area is 156 Å². The first-order chi connectivity index (χ1) is 12.1. The molecule has 1 heterocycles. The van der Waals surface area contributed by atoms with Crippen molar-refractivity contribution in [3.63, 3.8) is 0 Å². The maximum absolute atomic E-state index is 12.4. The van der Waals surface area contributed by atoms with Crippen LogP contribution in [-0.4, -0.2) is 24.9 Å². The second kappa shape index (κ2) is 7.89. The molecule has 2 aromatic carbocycles. The number of para-hydroxylation sites is 1. The van der Waals surface area contributed by atoms with E-state index in [2.05, 4.69) is 11.4 Å². The summed E-state index contributed by atoms with van der Waals surface area (Å²) >= 11 is 11.8. The van der Waals surface area contributed by atoms with Gasteiger partial charge in [-0.15, -0.1) is 0 Å². The Balaban J connectivity index is 1.46. The van der Waals surface area contributed by atoms with Gasteiger partial charge < -0.3 is 10.2 Å². The lowest BCUT2D eigenvalue weighted by atomic mass is 10.2. The number of amides is 2. The predicted octanol–water partition coefficient (Wildman–Crippen LogP) is 4.09. The van der Waals surface area contributed by atoms with E-state index in [-0.39, 0.29) is 11.8 Å². The van der Waals surface area contributed by atoms with Gasteiger partial charge in [0.1, 0.15) is 0 Å². The summed E-state index contributed by atoms with van der Waals surface area (Å²) in [5, 5.41) is 3.56. The standard InChI is InChI=1S/C19H18Cl2N2O2/c20-15-8-7-14(12-16(15)21)19(25)22-10-3-6-18(24)23-11-9-13-4-1-2-5-17(13)23/h1-2,4-5,7-8,12H,3,6,9-11H2,(H,22,25). The minimum Gasteiger partial charge on any atom is -0.352 e. The maximum atomic E-state index is 12.4. The first-order valence-corrected chi connectivity index (χ1v) is 8.93.